The van der Waals surface area contributed by atoms with E-state index >= 15 is 0 Å². The van der Waals surface area contributed by atoms with Crippen LogP contribution in [0.25, 0.3) is 0 Å². The summed E-state index contributed by atoms with van der Waals surface area (Å²) in [6.07, 6.45) is 0.507. The van der Waals surface area contributed by atoms with Gasteiger partial charge in [0.1, 0.15) is 0 Å². The maximum Gasteiger partial charge on any atom is 0.339 e. The van der Waals surface area contributed by atoms with Crippen LogP contribution in [0, 0.1) is 0 Å². The number of hydrogen-bond acceptors (Lipinski definition) is 5. The largest absolute Gasteiger partial charge is 0.466 e. The molecule has 0 aliphatic carbocycles. The van der Waals surface area contributed by atoms with Crippen molar-refractivity contribution >= 4 is 11.9 Å². The van der Waals surface area contributed by atoms with Gasteiger partial charge in [0.2, 0.25) is 0 Å². The highest BCUT2D eigenvalue weighted by atomic mass is 17.2. The molecular weight excluding hydrogens is 164 g/mol. The number of rotatable bonds is 5. The molecule has 0 aromatic carbocycles. The molecule has 0 radical (unpaired) electrons. The van der Waals surface area contributed by atoms with Gasteiger partial charge in [0.15, 0.2) is 0 Å². The lowest BCUT2D eigenvalue weighted by molar-refractivity contribution is -0.271. The minimum Gasteiger partial charge on any atom is -0.466 e. The Bertz CT molecular complexity index is 136. The third-order valence-corrected chi connectivity index (χ3v) is 0.854. The number of ether oxygens (including phenoxy) is 1. The van der Waals surface area contributed by atoms with E-state index < -0.39 is 5.97 Å². The van der Waals surface area contributed by atoms with E-state index in [1.54, 1.807) is 0 Å². The van der Waals surface area contributed by atoms with E-state index in [1.165, 1.54) is 13.8 Å². The number of esters is 1. The second-order valence-corrected chi connectivity index (χ2v) is 2.09. The molecule has 0 bridgehead atoms. The first kappa shape index (κ1) is 10.9. The number of carbonyl (C=O) groups excluding carboxylic acids is 2. The van der Waals surface area contributed by atoms with Crippen molar-refractivity contribution in [3.05, 3.63) is 0 Å². The molecule has 70 valence electrons. The van der Waals surface area contributed by atoms with E-state index in [0.717, 1.165) is 0 Å². The zero-order valence-corrected chi connectivity index (χ0v) is 7.16. The Morgan fingerprint density at radius 1 is 1.08 bits per heavy atom. The van der Waals surface area contributed by atoms with Crippen LogP contribution >= 0.6 is 0 Å². The fourth-order valence-electron chi connectivity index (χ4n) is 0.458. The molecule has 0 saturated carbocycles. The summed E-state index contributed by atoms with van der Waals surface area (Å²) in [6, 6.07) is 0. The van der Waals surface area contributed by atoms with Crippen LogP contribution in [0.1, 0.15) is 20.3 Å². The molecule has 0 amide bonds. The number of hydrogen-bond donors (Lipinski definition) is 0. The van der Waals surface area contributed by atoms with Gasteiger partial charge in [0, 0.05) is 20.3 Å². The molecule has 0 N–H and O–H groups in total. The lowest BCUT2D eigenvalue weighted by atomic mass is 10.5. The van der Waals surface area contributed by atoms with E-state index in [2.05, 4.69) is 14.5 Å². The molecule has 5 heteroatoms. The molecule has 0 unspecified atom stereocenters. The second-order valence-electron chi connectivity index (χ2n) is 2.09. The van der Waals surface area contributed by atoms with Crippen molar-refractivity contribution in [1.82, 2.24) is 0 Å². The second kappa shape index (κ2) is 6.60. The van der Waals surface area contributed by atoms with Crippen LogP contribution in [0.15, 0.2) is 0 Å². The lowest BCUT2D eigenvalue weighted by Gasteiger charge is -2.01. The Kier molecular flexibility index (Phi) is 6.00. The smallest absolute Gasteiger partial charge is 0.339 e. The van der Waals surface area contributed by atoms with Crippen LogP contribution < -0.4 is 0 Å². The summed E-state index contributed by atoms with van der Waals surface area (Å²) < 4.78 is 4.59. The lowest BCUT2D eigenvalue weighted by Crippen LogP contribution is -2.06. The van der Waals surface area contributed by atoms with Gasteiger partial charge in [-0.2, -0.15) is 4.89 Å². The van der Waals surface area contributed by atoms with Crippen molar-refractivity contribution < 1.29 is 24.1 Å². The van der Waals surface area contributed by atoms with Crippen molar-refractivity contribution in [2.24, 2.45) is 0 Å². The fourth-order valence-corrected chi connectivity index (χ4v) is 0.458. The van der Waals surface area contributed by atoms with E-state index in [0.29, 0.717) is 6.42 Å². The van der Waals surface area contributed by atoms with Gasteiger partial charge in [0.05, 0.1) is 13.2 Å². The molecule has 0 atom stereocenters. The van der Waals surface area contributed by atoms with Gasteiger partial charge in [0.25, 0.3) is 0 Å². The quantitative estimate of drug-likeness (QED) is 0.263. The van der Waals surface area contributed by atoms with E-state index in [4.69, 9.17) is 0 Å². The van der Waals surface area contributed by atoms with Crippen LogP contribution in [-0.4, -0.2) is 25.2 Å². The Labute approximate surface area is 70.5 Å². The van der Waals surface area contributed by atoms with Crippen molar-refractivity contribution in [2.75, 3.05) is 13.2 Å². The van der Waals surface area contributed by atoms with Crippen LogP contribution in [0.3, 0.4) is 0 Å². The first-order valence-electron chi connectivity index (χ1n) is 3.56. The van der Waals surface area contributed by atoms with Crippen LogP contribution in [0.5, 0.6) is 0 Å². The van der Waals surface area contributed by atoms with Crippen molar-refractivity contribution in [2.45, 2.75) is 20.3 Å². The monoisotopic (exact) mass is 176 g/mol. The zero-order chi connectivity index (χ0) is 9.40. The Balaban J connectivity index is 3.01. The predicted molar refractivity (Wildman–Crippen MR) is 39.0 cm³/mol. The Morgan fingerprint density at radius 3 is 2.25 bits per heavy atom. The fraction of sp³-hybridized carbons (Fsp3) is 0.714. The normalized spacial score (nSPS) is 9.17. The summed E-state index contributed by atoms with van der Waals surface area (Å²) >= 11 is 0. The molecular formula is C7H12O5. The van der Waals surface area contributed by atoms with Crippen LogP contribution in [0.4, 0.5) is 0 Å². The third-order valence-electron chi connectivity index (χ3n) is 0.854. The highest BCUT2D eigenvalue weighted by Gasteiger charge is 1.95. The maximum atomic E-state index is 10.2. The molecule has 0 heterocycles. The summed E-state index contributed by atoms with van der Waals surface area (Å²) in [4.78, 5) is 29.0. The van der Waals surface area contributed by atoms with Gasteiger partial charge in [-0.05, 0) is 0 Å². The molecule has 0 aromatic rings. The maximum absolute atomic E-state index is 10.2. The highest BCUT2D eigenvalue weighted by Crippen LogP contribution is 1.87. The third kappa shape index (κ3) is 8.90. The predicted octanol–water partition coefficient (Wildman–Crippen LogP) is 0.434. The van der Waals surface area contributed by atoms with E-state index in [9.17, 15) is 9.59 Å². The first-order chi connectivity index (χ1) is 5.63. The molecule has 0 aromatic heterocycles. The van der Waals surface area contributed by atoms with E-state index in [1.807, 2.05) is 0 Å². The summed E-state index contributed by atoms with van der Waals surface area (Å²) in [7, 11) is 0. The minimum absolute atomic E-state index is 0.229. The summed E-state index contributed by atoms with van der Waals surface area (Å²) in [5.41, 5.74) is 0. The molecule has 0 saturated heterocycles. The van der Waals surface area contributed by atoms with Crippen LogP contribution in [0.2, 0.25) is 0 Å². The van der Waals surface area contributed by atoms with Crippen molar-refractivity contribution in [3.63, 3.8) is 0 Å². The van der Waals surface area contributed by atoms with Crippen molar-refractivity contribution in [1.29, 1.82) is 0 Å². The van der Waals surface area contributed by atoms with Gasteiger partial charge < -0.3 is 4.74 Å². The van der Waals surface area contributed by atoms with Crippen LogP contribution in [-0.2, 0) is 24.1 Å². The molecule has 12 heavy (non-hydrogen) atoms. The summed E-state index contributed by atoms with van der Waals surface area (Å²) in [5.74, 6) is -0.829. The Hall–Kier alpha value is -1.10. The SMILES string of the molecule is CC(=O)OCCCOOC(C)=O. The van der Waals surface area contributed by atoms with Crippen molar-refractivity contribution in [3.8, 4) is 0 Å². The average molecular weight is 176 g/mol. The van der Waals surface area contributed by atoms with Gasteiger partial charge >= 0.3 is 11.9 Å². The van der Waals surface area contributed by atoms with Gasteiger partial charge in [-0.15, -0.1) is 0 Å². The average Bonchev–Trinajstić information content (AvgIpc) is 1.95. The first-order valence-corrected chi connectivity index (χ1v) is 3.56. The summed E-state index contributed by atoms with van der Waals surface area (Å²) in [6.45, 7) is 3.07. The Morgan fingerprint density at radius 2 is 1.75 bits per heavy atom. The standard InChI is InChI=1S/C7H12O5/c1-6(8)10-4-3-5-11-12-7(2)9/h3-5H2,1-2H3. The number of carbonyl (C=O) groups is 2. The molecule has 0 spiro atoms. The van der Waals surface area contributed by atoms with E-state index in [-0.39, 0.29) is 19.2 Å². The molecule has 5 nitrogen and oxygen atoms in total. The summed E-state index contributed by atoms with van der Waals surface area (Å²) in [5, 5.41) is 0. The highest BCUT2D eigenvalue weighted by molar-refractivity contribution is 5.65. The molecule has 0 fully saturated rings. The topological polar surface area (TPSA) is 61.8 Å². The van der Waals surface area contributed by atoms with Gasteiger partial charge in [-0.1, -0.05) is 0 Å². The van der Waals surface area contributed by atoms with Gasteiger partial charge in [-0.25, -0.2) is 4.79 Å². The van der Waals surface area contributed by atoms with Gasteiger partial charge in [-0.3, -0.25) is 9.68 Å². The molecule has 0 aliphatic heterocycles. The molecule has 0 rings (SSSR count). The minimum atomic E-state index is -0.498. The molecule has 0 aliphatic rings. The zero-order valence-electron chi connectivity index (χ0n) is 7.16.